The van der Waals surface area contributed by atoms with Crippen molar-refractivity contribution >= 4 is 11.6 Å². The minimum atomic E-state index is 0.291. The molecule has 1 fully saturated rings. The molecule has 1 aromatic heterocycles. The zero-order valence-corrected chi connectivity index (χ0v) is 9.57. The van der Waals surface area contributed by atoms with Crippen LogP contribution in [0.5, 0.6) is 5.75 Å². The van der Waals surface area contributed by atoms with Crippen LogP contribution in [0, 0.1) is 0 Å². The van der Waals surface area contributed by atoms with E-state index in [0.29, 0.717) is 12.0 Å². The largest absolute Gasteiger partial charge is 0.489 e. The lowest BCUT2D eigenvalue weighted by Crippen LogP contribution is -2.21. The van der Waals surface area contributed by atoms with Gasteiger partial charge in [0.2, 0.25) is 0 Å². The van der Waals surface area contributed by atoms with E-state index in [-0.39, 0.29) is 0 Å². The van der Waals surface area contributed by atoms with Crippen LogP contribution in [0.25, 0.3) is 0 Å². The number of halogens is 1. The SMILES string of the molecule is CN1CCC(Oc2ccncc2CCl)C1. The van der Waals surface area contributed by atoms with Gasteiger partial charge in [-0.2, -0.15) is 0 Å². The molecule has 0 radical (unpaired) electrons. The van der Waals surface area contributed by atoms with E-state index >= 15 is 0 Å². The van der Waals surface area contributed by atoms with Crippen LogP contribution in [-0.4, -0.2) is 36.1 Å². The molecule has 0 bridgehead atoms. The number of likely N-dealkylation sites (N-methyl/N-ethyl adjacent to an activating group) is 1. The van der Waals surface area contributed by atoms with Gasteiger partial charge >= 0.3 is 0 Å². The Balaban J connectivity index is 2.04. The average Bonchev–Trinajstić information content (AvgIpc) is 2.65. The van der Waals surface area contributed by atoms with E-state index in [9.17, 15) is 0 Å². The fraction of sp³-hybridized carbons (Fsp3) is 0.545. The number of alkyl halides is 1. The highest BCUT2D eigenvalue weighted by Gasteiger charge is 2.21. The zero-order valence-electron chi connectivity index (χ0n) is 8.82. The maximum Gasteiger partial charge on any atom is 0.127 e. The van der Waals surface area contributed by atoms with Crippen LogP contribution in [-0.2, 0) is 5.88 Å². The molecular weight excluding hydrogens is 212 g/mol. The standard InChI is InChI=1S/C11H15ClN2O/c1-14-5-3-10(8-14)15-11-2-4-13-7-9(11)6-12/h2,4,7,10H,3,5-6,8H2,1H3. The summed E-state index contributed by atoms with van der Waals surface area (Å²) in [6, 6.07) is 1.88. The van der Waals surface area contributed by atoms with Crippen molar-refractivity contribution in [1.82, 2.24) is 9.88 Å². The molecule has 1 atom stereocenters. The van der Waals surface area contributed by atoms with Gasteiger partial charge in [-0.1, -0.05) is 0 Å². The van der Waals surface area contributed by atoms with Crippen molar-refractivity contribution < 1.29 is 4.74 Å². The van der Waals surface area contributed by atoms with Gasteiger partial charge in [0.25, 0.3) is 0 Å². The normalized spacial score (nSPS) is 21.9. The lowest BCUT2D eigenvalue weighted by atomic mass is 10.2. The van der Waals surface area contributed by atoms with Gasteiger partial charge in [-0.25, -0.2) is 0 Å². The predicted octanol–water partition coefficient (Wildman–Crippen LogP) is 1.90. The molecule has 0 aromatic carbocycles. The van der Waals surface area contributed by atoms with Gasteiger partial charge in [-0.05, 0) is 19.5 Å². The minimum Gasteiger partial charge on any atom is -0.489 e. The summed E-state index contributed by atoms with van der Waals surface area (Å²) >= 11 is 5.82. The van der Waals surface area contributed by atoms with Crippen LogP contribution in [0.15, 0.2) is 18.5 Å². The molecule has 3 nitrogen and oxygen atoms in total. The van der Waals surface area contributed by atoms with E-state index in [1.807, 2.05) is 6.07 Å². The highest BCUT2D eigenvalue weighted by molar-refractivity contribution is 6.17. The number of rotatable bonds is 3. The van der Waals surface area contributed by atoms with E-state index < -0.39 is 0 Å². The lowest BCUT2D eigenvalue weighted by molar-refractivity contribution is 0.206. The summed E-state index contributed by atoms with van der Waals surface area (Å²) in [5.41, 5.74) is 0.966. The van der Waals surface area contributed by atoms with Crippen molar-refractivity contribution in [1.29, 1.82) is 0 Å². The van der Waals surface area contributed by atoms with E-state index in [4.69, 9.17) is 16.3 Å². The Bertz CT molecular complexity index is 332. The highest BCUT2D eigenvalue weighted by atomic mass is 35.5. The summed E-state index contributed by atoms with van der Waals surface area (Å²) in [7, 11) is 2.11. The van der Waals surface area contributed by atoms with Gasteiger partial charge in [-0.15, -0.1) is 11.6 Å². The Morgan fingerprint density at radius 2 is 2.53 bits per heavy atom. The molecule has 82 valence electrons. The van der Waals surface area contributed by atoms with Gasteiger partial charge in [0.1, 0.15) is 11.9 Å². The molecule has 15 heavy (non-hydrogen) atoms. The second kappa shape index (κ2) is 4.81. The molecule has 2 rings (SSSR count). The first-order valence-electron chi connectivity index (χ1n) is 5.13. The van der Waals surface area contributed by atoms with Crippen molar-refractivity contribution in [3.8, 4) is 5.75 Å². The molecule has 0 spiro atoms. The number of aromatic nitrogens is 1. The summed E-state index contributed by atoms with van der Waals surface area (Å²) in [5.74, 6) is 1.33. The molecule has 0 aliphatic carbocycles. The molecular formula is C11H15ClN2O. The maximum absolute atomic E-state index is 5.90. The molecule has 4 heteroatoms. The van der Waals surface area contributed by atoms with E-state index in [1.54, 1.807) is 12.4 Å². The van der Waals surface area contributed by atoms with Crippen LogP contribution < -0.4 is 4.74 Å². The van der Waals surface area contributed by atoms with Crippen molar-refractivity contribution in [2.24, 2.45) is 0 Å². The monoisotopic (exact) mass is 226 g/mol. The van der Waals surface area contributed by atoms with Gasteiger partial charge in [0.05, 0.1) is 5.88 Å². The third-order valence-corrected chi connectivity index (χ3v) is 2.93. The lowest BCUT2D eigenvalue weighted by Gasteiger charge is -2.15. The van der Waals surface area contributed by atoms with Crippen molar-refractivity contribution in [3.63, 3.8) is 0 Å². The predicted molar refractivity (Wildman–Crippen MR) is 60.3 cm³/mol. The van der Waals surface area contributed by atoms with Crippen LogP contribution >= 0.6 is 11.6 Å². The smallest absolute Gasteiger partial charge is 0.127 e. The van der Waals surface area contributed by atoms with Crippen LogP contribution in [0.2, 0.25) is 0 Å². The molecule has 0 amide bonds. The summed E-state index contributed by atoms with van der Waals surface area (Å²) < 4.78 is 5.90. The summed E-state index contributed by atoms with van der Waals surface area (Å²) in [5, 5.41) is 0. The average molecular weight is 227 g/mol. The molecule has 1 unspecified atom stereocenters. The Morgan fingerprint density at radius 3 is 3.20 bits per heavy atom. The van der Waals surface area contributed by atoms with E-state index in [2.05, 4.69) is 16.9 Å². The van der Waals surface area contributed by atoms with Crippen LogP contribution in [0.3, 0.4) is 0 Å². The van der Waals surface area contributed by atoms with Gasteiger partial charge < -0.3 is 9.64 Å². The molecule has 1 aromatic rings. The van der Waals surface area contributed by atoms with Gasteiger partial charge in [-0.3, -0.25) is 4.98 Å². The number of pyridine rings is 1. The second-order valence-electron chi connectivity index (χ2n) is 3.91. The number of nitrogens with zero attached hydrogens (tertiary/aromatic N) is 2. The quantitative estimate of drug-likeness (QED) is 0.737. The fourth-order valence-electron chi connectivity index (χ4n) is 1.80. The molecule has 2 heterocycles. The minimum absolute atomic E-state index is 0.291. The van der Waals surface area contributed by atoms with Crippen LogP contribution in [0.1, 0.15) is 12.0 Å². The summed E-state index contributed by atoms with van der Waals surface area (Å²) in [6.45, 7) is 2.09. The number of hydrogen-bond acceptors (Lipinski definition) is 3. The molecule has 1 aliphatic rings. The van der Waals surface area contributed by atoms with Crippen molar-refractivity contribution in [2.45, 2.75) is 18.4 Å². The topological polar surface area (TPSA) is 25.4 Å². The second-order valence-corrected chi connectivity index (χ2v) is 4.18. The zero-order chi connectivity index (χ0) is 10.7. The first-order chi connectivity index (χ1) is 7.29. The number of hydrogen-bond donors (Lipinski definition) is 0. The summed E-state index contributed by atoms with van der Waals surface area (Å²) in [6.07, 6.45) is 4.88. The van der Waals surface area contributed by atoms with Crippen molar-refractivity contribution in [3.05, 3.63) is 24.0 Å². The molecule has 1 aliphatic heterocycles. The van der Waals surface area contributed by atoms with E-state index in [0.717, 1.165) is 30.8 Å². The van der Waals surface area contributed by atoms with Gasteiger partial charge in [0, 0.05) is 31.0 Å². The first-order valence-corrected chi connectivity index (χ1v) is 5.67. The molecule has 0 saturated carbocycles. The Kier molecular flexibility index (Phi) is 3.44. The molecule has 0 N–H and O–H groups in total. The fourth-order valence-corrected chi connectivity index (χ4v) is 2.00. The van der Waals surface area contributed by atoms with E-state index in [1.165, 1.54) is 0 Å². The highest BCUT2D eigenvalue weighted by Crippen LogP contribution is 2.22. The third kappa shape index (κ3) is 2.61. The Labute approximate surface area is 95.0 Å². The van der Waals surface area contributed by atoms with Crippen molar-refractivity contribution in [2.75, 3.05) is 20.1 Å². The summed E-state index contributed by atoms with van der Waals surface area (Å²) in [4.78, 5) is 6.30. The maximum atomic E-state index is 5.90. The number of likely N-dealkylation sites (tertiary alicyclic amines) is 1. The third-order valence-electron chi connectivity index (χ3n) is 2.64. The van der Waals surface area contributed by atoms with Crippen LogP contribution in [0.4, 0.5) is 0 Å². The van der Waals surface area contributed by atoms with Gasteiger partial charge in [0.15, 0.2) is 0 Å². The Hall–Kier alpha value is -0.800. The number of ether oxygens (including phenoxy) is 1. The first kappa shape index (κ1) is 10.7. The molecule has 1 saturated heterocycles. The Morgan fingerprint density at radius 1 is 1.67 bits per heavy atom.